The minimum Gasteiger partial charge on any atom is -0.490 e. The number of ether oxygens (including phenoxy) is 1. The van der Waals surface area contributed by atoms with Gasteiger partial charge in [-0.15, -0.1) is 0 Å². The Morgan fingerprint density at radius 1 is 1.16 bits per heavy atom. The molecule has 4 N–H and O–H groups in total. The van der Waals surface area contributed by atoms with Gasteiger partial charge in [-0.2, -0.15) is 0 Å². The number of rotatable bonds is 7. The Morgan fingerprint density at radius 3 is 2.79 bits per heavy atom. The lowest BCUT2D eigenvalue weighted by Gasteiger charge is -2.14. The summed E-state index contributed by atoms with van der Waals surface area (Å²) in [6.45, 7) is 2.02. The van der Waals surface area contributed by atoms with Crippen molar-refractivity contribution in [2.24, 2.45) is 5.73 Å². The van der Waals surface area contributed by atoms with Crippen molar-refractivity contribution >= 4 is 10.8 Å². The Labute approximate surface area is 113 Å². The number of benzene rings is 2. The molecule has 0 bridgehead atoms. The van der Waals surface area contributed by atoms with Gasteiger partial charge in [0.15, 0.2) is 0 Å². The Morgan fingerprint density at radius 2 is 1.95 bits per heavy atom. The van der Waals surface area contributed by atoms with Gasteiger partial charge in [-0.1, -0.05) is 36.4 Å². The van der Waals surface area contributed by atoms with Crippen LogP contribution in [0.3, 0.4) is 0 Å². The molecule has 0 aliphatic carbocycles. The number of nitrogens with one attached hydrogen (secondary N) is 1. The van der Waals surface area contributed by atoms with Gasteiger partial charge in [-0.05, 0) is 11.5 Å². The summed E-state index contributed by atoms with van der Waals surface area (Å²) in [6, 6.07) is 14.0. The van der Waals surface area contributed by atoms with Gasteiger partial charge in [0.2, 0.25) is 0 Å². The van der Waals surface area contributed by atoms with Crippen LogP contribution >= 0.6 is 0 Å². The molecule has 4 heteroatoms. The maximum atomic E-state index is 9.78. The van der Waals surface area contributed by atoms with E-state index in [1.54, 1.807) is 0 Å². The van der Waals surface area contributed by atoms with Gasteiger partial charge in [0, 0.05) is 25.0 Å². The first-order valence-corrected chi connectivity index (χ1v) is 6.50. The number of hydrogen-bond donors (Lipinski definition) is 3. The largest absolute Gasteiger partial charge is 0.490 e. The van der Waals surface area contributed by atoms with Crippen LogP contribution in [0.25, 0.3) is 10.8 Å². The van der Waals surface area contributed by atoms with Crippen LogP contribution in [-0.4, -0.2) is 37.5 Å². The van der Waals surface area contributed by atoms with E-state index < -0.39 is 6.10 Å². The van der Waals surface area contributed by atoms with Gasteiger partial charge in [0.25, 0.3) is 0 Å². The van der Waals surface area contributed by atoms with E-state index in [4.69, 9.17) is 10.5 Å². The number of fused-ring (bicyclic) bond motifs is 1. The lowest BCUT2D eigenvalue weighted by atomic mass is 10.1. The Balaban J connectivity index is 1.94. The normalized spacial score (nSPS) is 12.5. The highest BCUT2D eigenvalue weighted by molar-refractivity contribution is 5.88. The summed E-state index contributed by atoms with van der Waals surface area (Å²) in [5, 5.41) is 15.0. The third kappa shape index (κ3) is 3.92. The van der Waals surface area contributed by atoms with Crippen LogP contribution in [0.15, 0.2) is 42.5 Å². The van der Waals surface area contributed by atoms with E-state index in [9.17, 15) is 5.11 Å². The molecule has 0 aliphatic rings. The predicted molar refractivity (Wildman–Crippen MR) is 77.4 cm³/mol. The zero-order valence-corrected chi connectivity index (χ0v) is 10.9. The van der Waals surface area contributed by atoms with Crippen molar-refractivity contribution in [1.29, 1.82) is 0 Å². The molecule has 0 aromatic heterocycles. The average molecular weight is 260 g/mol. The van der Waals surface area contributed by atoms with Crippen molar-refractivity contribution in [1.82, 2.24) is 5.32 Å². The second kappa shape index (κ2) is 7.09. The van der Waals surface area contributed by atoms with E-state index in [0.29, 0.717) is 19.6 Å². The number of hydrogen-bond acceptors (Lipinski definition) is 4. The molecule has 1 unspecified atom stereocenters. The predicted octanol–water partition coefficient (Wildman–Crippen LogP) is 1.13. The molecule has 0 radical (unpaired) electrons. The topological polar surface area (TPSA) is 67.5 Å². The number of aliphatic hydroxyl groups is 1. The van der Waals surface area contributed by atoms with E-state index in [1.165, 1.54) is 0 Å². The molecule has 19 heavy (non-hydrogen) atoms. The van der Waals surface area contributed by atoms with Crippen LogP contribution in [0, 0.1) is 0 Å². The zero-order chi connectivity index (χ0) is 13.5. The first kappa shape index (κ1) is 13.8. The summed E-state index contributed by atoms with van der Waals surface area (Å²) in [7, 11) is 0. The monoisotopic (exact) mass is 260 g/mol. The maximum absolute atomic E-state index is 9.78. The third-order valence-electron chi connectivity index (χ3n) is 2.88. The molecule has 0 saturated heterocycles. The van der Waals surface area contributed by atoms with Gasteiger partial charge in [0.05, 0.1) is 0 Å². The molecular formula is C15H20N2O2. The first-order chi connectivity index (χ1) is 9.31. The van der Waals surface area contributed by atoms with Crippen LogP contribution in [0.1, 0.15) is 0 Å². The quantitative estimate of drug-likeness (QED) is 0.653. The molecule has 0 saturated carbocycles. The molecule has 2 rings (SSSR count). The van der Waals surface area contributed by atoms with Gasteiger partial charge in [-0.25, -0.2) is 0 Å². The third-order valence-corrected chi connectivity index (χ3v) is 2.88. The van der Waals surface area contributed by atoms with Gasteiger partial charge in [-0.3, -0.25) is 0 Å². The standard InChI is InChI=1S/C15H20N2O2/c16-8-9-17-10-13(18)11-19-15-7-3-5-12-4-1-2-6-14(12)15/h1-7,13,17-18H,8-11,16H2. The zero-order valence-electron chi connectivity index (χ0n) is 10.9. The average Bonchev–Trinajstić information content (AvgIpc) is 2.45. The van der Waals surface area contributed by atoms with Crippen molar-refractivity contribution in [3.63, 3.8) is 0 Å². The highest BCUT2D eigenvalue weighted by Gasteiger charge is 2.06. The fourth-order valence-electron chi connectivity index (χ4n) is 1.94. The van der Waals surface area contributed by atoms with Gasteiger partial charge >= 0.3 is 0 Å². The van der Waals surface area contributed by atoms with Crippen molar-refractivity contribution < 1.29 is 9.84 Å². The Bertz CT molecular complexity index is 511. The molecule has 4 nitrogen and oxygen atoms in total. The molecule has 2 aromatic carbocycles. The van der Waals surface area contributed by atoms with E-state index in [1.807, 2.05) is 42.5 Å². The van der Waals surface area contributed by atoms with E-state index in [2.05, 4.69) is 5.32 Å². The minimum absolute atomic E-state index is 0.269. The molecule has 0 heterocycles. The fourth-order valence-corrected chi connectivity index (χ4v) is 1.94. The summed E-state index contributed by atoms with van der Waals surface area (Å²) in [5.74, 6) is 0.802. The molecule has 0 spiro atoms. The molecule has 2 aromatic rings. The van der Waals surface area contributed by atoms with Crippen molar-refractivity contribution in [2.45, 2.75) is 6.10 Å². The maximum Gasteiger partial charge on any atom is 0.127 e. The van der Waals surface area contributed by atoms with Crippen LogP contribution in [-0.2, 0) is 0 Å². The molecule has 0 aliphatic heterocycles. The van der Waals surface area contributed by atoms with E-state index in [-0.39, 0.29) is 6.61 Å². The summed E-state index contributed by atoms with van der Waals surface area (Å²) in [4.78, 5) is 0. The van der Waals surface area contributed by atoms with Crippen LogP contribution in [0.4, 0.5) is 0 Å². The summed E-state index contributed by atoms with van der Waals surface area (Å²) < 4.78 is 5.69. The molecular weight excluding hydrogens is 240 g/mol. The molecule has 0 fully saturated rings. The lowest BCUT2D eigenvalue weighted by Crippen LogP contribution is -2.34. The molecule has 0 amide bonds. The van der Waals surface area contributed by atoms with Gasteiger partial charge < -0.3 is 20.9 Å². The summed E-state index contributed by atoms with van der Waals surface area (Å²) in [6.07, 6.45) is -0.537. The molecule has 102 valence electrons. The minimum atomic E-state index is -0.537. The number of nitrogens with two attached hydrogens (primary N) is 1. The highest BCUT2D eigenvalue weighted by Crippen LogP contribution is 2.25. The van der Waals surface area contributed by atoms with Crippen LogP contribution < -0.4 is 15.8 Å². The lowest BCUT2D eigenvalue weighted by molar-refractivity contribution is 0.107. The summed E-state index contributed by atoms with van der Waals surface area (Å²) in [5.41, 5.74) is 5.37. The second-order valence-electron chi connectivity index (χ2n) is 4.43. The van der Waals surface area contributed by atoms with Gasteiger partial charge in [0.1, 0.15) is 18.5 Å². The first-order valence-electron chi connectivity index (χ1n) is 6.50. The fraction of sp³-hybridized carbons (Fsp3) is 0.333. The Hall–Kier alpha value is -1.62. The van der Waals surface area contributed by atoms with Crippen molar-refractivity contribution in [2.75, 3.05) is 26.2 Å². The molecule has 1 atom stereocenters. The summed E-state index contributed by atoms with van der Waals surface area (Å²) >= 11 is 0. The SMILES string of the molecule is NCCNCC(O)COc1cccc2ccccc12. The van der Waals surface area contributed by atoms with Crippen molar-refractivity contribution in [3.8, 4) is 5.75 Å². The van der Waals surface area contributed by atoms with Crippen LogP contribution in [0.5, 0.6) is 5.75 Å². The highest BCUT2D eigenvalue weighted by atomic mass is 16.5. The van der Waals surface area contributed by atoms with Crippen LogP contribution in [0.2, 0.25) is 0 Å². The van der Waals surface area contributed by atoms with E-state index >= 15 is 0 Å². The van der Waals surface area contributed by atoms with E-state index in [0.717, 1.165) is 16.5 Å². The smallest absolute Gasteiger partial charge is 0.127 e. The number of aliphatic hydroxyl groups excluding tert-OH is 1. The van der Waals surface area contributed by atoms with Crippen molar-refractivity contribution in [3.05, 3.63) is 42.5 Å². The Kier molecular flexibility index (Phi) is 5.15. The second-order valence-corrected chi connectivity index (χ2v) is 4.43.